The van der Waals surface area contributed by atoms with E-state index in [-0.39, 0.29) is 5.91 Å². The van der Waals surface area contributed by atoms with Crippen LogP contribution in [-0.4, -0.2) is 28.5 Å². The number of allylic oxidation sites excluding steroid dienone is 1. The number of benzene rings is 2. The summed E-state index contributed by atoms with van der Waals surface area (Å²) in [5.74, 6) is 1.32. The summed E-state index contributed by atoms with van der Waals surface area (Å²) in [6, 6.07) is 14.0. The van der Waals surface area contributed by atoms with Crippen molar-refractivity contribution >= 4 is 50.7 Å². The highest BCUT2D eigenvalue weighted by atomic mass is 32.2. The monoisotopic (exact) mass is 465 g/mol. The van der Waals surface area contributed by atoms with Crippen LogP contribution in [0.2, 0.25) is 0 Å². The predicted octanol–water partition coefficient (Wildman–Crippen LogP) is 6.50. The van der Waals surface area contributed by atoms with Gasteiger partial charge in [-0.3, -0.25) is 10.1 Å². The molecule has 2 heterocycles. The van der Waals surface area contributed by atoms with Gasteiger partial charge in [0.05, 0.1) is 12.9 Å². The molecular weight excluding hydrogens is 442 g/mol. The lowest BCUT2D eigenvalue weighted by Gasteiger charge is -2.11. The molecule has 0 spiro atoms. The number of thioether (sulfide) groups is 1. The predicted molar refractivity (Wildman–Crippen MR) is 131 cm³/mol. The Morgan fingerprint density at radius 1 is 1.22 bits per heavy atom. The molecule has 0 aliphatic heterocycles. The Labute approximate surface area is 194 Å². The van der Waals surface area contributed by atoms with Crippen LogP contribution in [0.1, 0.15) is 26.3 Å². The summed E-state index contributed by atoms with van der Waals surface area (Å²) < 4.78 is 12.5. The summed E-state index contributed by atoms with van der Waals surface area (Å²) in [6.45, 7) is 6.38. The lowest BCUT2D eigenvalue weighted by molar-refractivity contribution is -0.111. The van der Waals surface area contributed by atoms with Crippen molar-refractivity contribution in [1.29, 1.82) is 0 Å². The van der Waals surface area contributed by atoms with Crippen molar-refractivity contribution in [3.8, 4) is 16.9 Å². The molecule has 0 aliphatic carbocycles. The fraction of sp³-hybridized carbons (Fsp3) is 0.208. The number of nitrogens with zero attached hydrogens (tertiary/aromatic N) is 2. The Bertz CT molecular complexity index is 1260. The molecule has 4 rings (SSSR count). The molecule has 0 radical (unpaired) electrons. The second-order valence-corrected chi connectivity index (χ2v) is 9.40. The van der Waals surface area contributed by atoms with Crippen LogP contribution in [0.15, 0.2) is 63.6 Å². The molecule has 8 heteroatoms. The van der Waals surface area contributed by atoms with E-state index >= 15 is 0 Å². The van der Waals surface area contributed by atoms with Crippen molar-refractivity contribution in [3.05, 3.63) is 60.4 Å². The number of anilines is 1. The average Bonchev–Trinajstić information content (AvgIpc) is 3.40. The molecule has 0 atom stereocenters. The van der Waals surface area contributed by atoms with E-state index in [2.05, 4.69) is 15.5 Å². The van der Waals surface area contributed by atoms with Crippen molar-refractivity contribution in [3.63, 3.8) is 0 Å². The number of ether oxygens (including phenoxy) is 1. The minimum Gasteiger partial charge on any atom is -0.493 e. The van der Waals surface area contributed by atoms with Gasteiger partial charge in [0.25, 0.3) is 0 Å². The van der Waals surface area contributed by atoms with Crippen molar-refractivity contribution in [2.45, 2.75) is 25.1 Å². The van der Waals surface area contributed by atoms with Gasteiger partial charge in [0, 0.05) is 28.7 Å². The number of aromatic nitrogens is 2. The van der Waals surface area contributed by atoms with Crippen LogP contribution in [0.4, 0.5) is 5.13 Å². The molecule has 4 aromatic rings. The Balaban J connectivity index is 1.67. The molecule has 0 aliphatic rings. The van der Waals surface area contributed by atoms with Crippen molar-refractivity contribution in [2.24, 2.45) is 0 Å². The van der Waals surface area contributed by atoms with Crippen LogP contribution < -0.4 is 10.1 Å². The molecule has 1 amide bonds. The highest BCUT2D eigenvalue weighted by molar-refractivity contribution is 8.01. The first-order valence-electron chi connectivity index (χ1n) is 10.3. The first kappa shape index (κ1) is 22.1. The first-order valence-corrected chi connectivity index (χ1v) is 12.1. The molecule has 0 saturated heterocycles. The van der Waals surface area contributed by atoms with E-state index in [0.717, 1.165) is 43.3 Å². The molecule has 2 aromatic heterocycles. The summed E-state index contributed by atoms with van der Waals surface area (Å²) in [6.07, 6.45) is 3.31. The van der Waals surface area contributed by atoms with Gasteiger partial charge in [-0.05, 0) is 36.8 Å². The fourth-order valence-electron chi connectivity index (χ4n) is 3.34. The van der Waals surface area contributed by atoms with Crippen LogP contribution in [0, 0.1) is 0 Å². The van der Waals surface area contributed by atoms with Gasteiger partial charge >= 0.3 is 0 Å². The largest absolute Gasteiger partial charge is 0.493 e. The number of carbonyl (C=O) groups is 1. The maximum atomic E-state index is 12.6. The normalized spacial score (nSPS) is 11.7. The standard InChI is InChI=1S/C24H23N3O3S2/c1-4-29-20-13-21-18(19(14-30-21)16-9-7-6-8-10-16)12-17(20)15(3)11-22(28)25-23-26-27-24(32-23)31-5-2/h6-14H,4-5H2,1-3H3,(H,25,26,28)/b15-11+. The second kappa shape index (κ2) is 10.0. The van der Waals surface area contributed by atoms with Gasteiger partial charge in [0.15, 0.2) is 4.34 Å². The third-order valence-electron chi connectivity index (χ3n) is 4.74. The molecule has 1 N–H and O–H groups in total. The summed E-state index contributed by atoms with van der Waals surface area (Å²) >= 11 is 2.96. The SMILES string of the molecule is CCOc1cc2occ(-c3ccccc3)c2cc1/C(C)=C/C(=O)Nc1nnc(SCC)s1. The zero-order chi connectivity index (χ0) is 22.5. The van der Waals surface area contributed by atoms with Gasteiger partial charge < -0.3 is 9.15 Å². The van der Waals surface area contributed by atoms with Crippen molar-refractivity contribution in [1.82, 2.24) is 10.2 Å². The van der Waals surface area contributed by atoms with Gasteiger partial charge in [-0.2, -0.15) is 0 Å². The Kier molecular flexibility index (Phi) is 6.92. The number of fused-ring (bicyclic) bond motifs is 1. The van der Waals surface area contributed by atoms with Crippen molar-refractivity contribution < 1.29 is 13.9 Å². The molecule has 0 fully saturated rings. The third-order valence-corrected chi connectivity index (χ3v) is 6.59. The van der Waals surface area contributed by atoms with Gasteiger partial charge in [-0.15, -0.1) is 10.2 Å². The van der Waals surface area contributed by atoms with E-state index in [1.54, 1.807) is 24.1 Å². The molecule has 2 aromatic carbocycles. The summed E-state index contributed by atoms with van der Waals surface area (Å²) in [4.78, 5) is 12.6. The van der Waals surface area contributed by atoms with Gasteiger partial charge in [-0.1, -0.05) is 60.4 Å². The minimum absolute atomic E-state index is 0.260. The van der Waals surface area contributed by atoms with Crippen LogP contribution in [0.25, 0.3) is 27.7 Å². The average molecular weight is 466 g/mol. The van der Waals surface area contributed by atoms with Crippen LogP contribution in [-0.2, 0) is 4.79 Å². The van der Waals surface area contributed by atoms with E-state index in [0.29, 0.717) is 17.5 Å². The number of nitrogens with one attached hydrogen (secondary N) is 1. The Morgan fingerprint density at radius 3 is 2.78 bits per heavy atom. The smallest absolute Gasteiger partial charge is 0.250 e. The topological polar surface area (TPSA) is 77.2 Å². The number of carbonyl (C=O) groups excluding carboxylic acids is 1. The Morgan fingerprint density at radius 2 is 2.03 bits per heavy atom. The van der Waals surface area contributed by atoms with Crippen LogP contribution in [0.5, 0.6) is 5.75 Å². The highest BCUT2D eigenvalue weighted by Crippen LogP contribution is 2.37. The number of hydrogen-bond acceptors (Lipinski definition) is 7. The molecule has 164 valence electrons. The third kappa shape index (κ3) is 4.87. The Hall–Kier alpha value is -3.10. The first-order chi connectivity index (χ1) is 15.6. The van der Waals surface area contributed by atoms with Gasteiger partial charge in [0.2, 0.25) is 11.0 Å². The maximum Gasteiger partial charge on any atom is 0.250 e. The second-order valence-electron chi connectivity index (χ2n) is 6.92. The van der Waals surface area contributed by atoms with E-state index in [9.17, 15) is 4.79 Å². The fourth-order valence-corrected chi connectivity index (χ4v) is 4.99. The number of amides is 1. The van der Waals surface area contributed by atoms with E-state index in [1.165, 1.54) is 11.3 Å². The molecule has 32 heavy (non-hydrogen) atoms. The quantitative estimate of drug-likeness (QED) is 0.182. The molecule has 0 unspecified atom stereocenters. The van der Waals surface area contributed by atoms with E-state index < -0.39 is 0 Å². The van der Waals surface area contributed by atoms with Crippen LogP contribution >= 0.6 is 23.1 Å². The zero-order valence-electron chi connectivity index (χ0n) is 18.0. The number of hydrogen-bond donors (Lipinski definition) is 1. The number of furan rings is 1. The van der Waals surface area contributed by atoms with Crippen molar-refractivity contribution in [2.75, 3.05) is 17.7 Å². The lowest BCUT2D eigenvalue weighted by atomic mass is 9.99. The summed E-state index contributed by atoms with van der Waals surface area (Å²) in [7, 11) is 0. The summed E-state index contributed by atoms with van der Waals surface area (Å²) in [5, 5.41) is 12.3. The van der Waals surface area contributed by atoms with E-state index in [4.69, 9.17) is 9.15 Å². The van der Waals surface area contributed by atoms with E-state index in [1.807, 2.05) is 63.2 Å². The minimum atomic E-state index is -0.260. The van der Waals surface area contributed by atoms with Crippen LogP contribution in [0.3, 0.4) is 0 Å². The van der Waals surface area contributed by atoms with Gasteiger partial charge in [0.1, 0.15) is 11.3 Å². The number of rotatable bonds is 8. The molecule has 0 bridgehead atoms. The molecule has 0 saturated carbocycles. The maximum absolute atomic E-state index is 12.6. The highest BCUT2D eigenvalue weighted by Gasteiger charge is 2.15. The zero-order valence-corrected chi connectivity index (χ0v) is 19.7. The molecular formula is C24H23N3O3S2. The summed E-state index contributed by atoms with van der Waals surface area (Å²) in [5.41, 5.74) is 4.42. The van der Waals surface area contributed by atoms with Gasteiger partial charge in [-0.25, -0.2) is 0 Å². The lowest BCUT2D eigenvalue weighted by Crippen LogP contribution is -2.08. The molecule has 6 nitrogen and oxygen atoms in total.